The first-order valence-electron chi connectivity index (χ1n) is 8.36. The lowest BCUT2D eigenvalue weighted by atomic mass is 10.3. The van der Waals surface area contributed by atoms with Gasteiger partial charge in [0.05, 0.1) is 25.3 Å². The smallest absolute Gasteiger partial charge is 0.305 e. The monoisotopic (exact) mass is 422 g/mol. The van der Waals surface area contributed by atoms with E-state index in [0.29, 0.717) is 19.7 Å². The maximum atomic E-state index is 10.9. The second kappa shape index (κ2) is 19.5. The van der Waals surface area contributed by atoms with E-state index in [-0.39, 0.29) is 6.42 Å². The maximum absolute atomic E-state index is 10.9. The number of carbonyl (C=O) groups is 1. The van der Waals surface area contributed by atoms with Crippen molar-refractivity contribution in [2.45, 2.75) is 13.3 Å². The van der Waals surface area contributed by atoms with Crippen LogP contribution in [0.3, 0.4) is 0 Å². The van der Waals surface area contributed by atoms with E-state index in [9.17, 15) is 4.79 Å². The molecule has 0 atom stereocenters. The van der Waals surface area contributed by atoms with Crippen LogP contribution in [0.2, 0.25) is 0 Å². The molecule has 0 spiro atoms. The molecule has 0 aliphatic rings. The molecule has 1 heterocycles. The zero-order chi connectivity index (χ0) is 21.8. The minimum Gasteiger partial charge on any atom is -0.481 e. The molecule has 0 saturated carbocycles. The largest absolute Gasteiger partial charge is 0.481 e. The van der Waals surface area contributed by atoms with Crippen molar-refractivity contribution in [1.82, 2.24) is 4.98 Å². The molecule has 7 heteroatoms. The van der Waals surface area contributed by atoms with Gasteiger partial charge in [-0.3, -0.25) is 4.79 Å². The van der Waals surface area contributed by atoms with Crippen molar-refractivity contribution in [2.75, 3.05) is 38.0 Å². The van der Waals surface area contributed by atoms with Gasteiger partial charge in [0.1, 0.15) is 0 Å². The van der Waals surface area contributed by atoms with Gasteiger partial charge < -0.3 is 14.7 Å². The van der Waals surface area contributed by atoms with Crippen molar-refractivity contribution in [2.24, 2.45) is 0 Å². The summed E-state index contributed by atoms with van der Waals surface area (Å²) < 4.78 is 4.97. The molecule has 0 aliphatic heterocycles. The average molecular weight is 423 g/mol. The number of carboxylic acids is 1. The van der Waals surface area contributed by atoms with Crippen molar-refractivity contribution in [3.8, 4) is 12.8 Å². The molecule has 28 heavy (non-hydrogen) atoms. The number of hydrogen-bond acceptors (Lipinski definition) is 6. The van der Waals surface area contributed by atoms with E-state index in [1.807, 2.05) is 41.7 Å². The number of anilines is 1. The van der Waals surface area contributed by atoms with Gasteiger partial charge in [0.25, 0.3) is 0 Å². The van der Waals surface area contributed by atoms with Gasteiger partial charge in [-0.15, -0.1) is 42.5 Å². The Labute approximate surface area is 177 Å². The molecule has 1 N–H and O–H groups in total. The fourth-order valence-corrected chi connectivity index (χ4v) is 3.08. The number of terminal acetylenes is 1. The van der Waals surface area contributed by atoms with Crippen LogP contribution in [0.25, 0.3) is 6.08 Å². The first-order valence-corrected chi connectivity index (χ1v) is 10.5. The number of methoxy groups -OCH3 is 1. The number of aromatic nitrogens is 1. The summed E-state index contributed by atoms with van der Waals surface area (Å²) in [6.07, 6.45) is 19.3. The fraction of sp³-hybridized carbons (Fsp3) is 0.333. The summed E-state index contributed by atoms with van der Waals surface area (Å²) in [5.41, 5.74) is 0.848. The highest BCUT2D eigenvalue weighted by Gasteiger charge is 2.14. The van der Waals surface area contributed by atoms with Crippen molar-refractivity contribution in [3.05, 3.63) is 53.4 Å². The number of nitrogens with zero attached hydrogens (tertiary/aromatic N) is 2. The van der Waals surface area contributed by atoms with Gasteiger partial charge in [-0.05, 0) is 19.3 Å². The normalized spacial score (nSPS) is 10.2. The molecular weight excluding hydrogens is 392 g/mol. The Kier molecular flexibility index (Phi) is 19.5. The Bertz CT molecular complexity index is 649. The first kappa shape index (κ1) is 27.9. The first-order chi connectivity index (χ1) is 13.5. The van der Waals surface area contributed by atoms with Crippen molar-refractivity contribution >= 4 is 40.3 Å². The standard InChI is InChI=1S/C16H22N2O3S2.C3H6.C2H2/c1-4-6-14(22-3)11-18(9-8-15(19)20)16-17-13(12-23-16)7-5-10-21-2;1-3-2;1-2/h4-7,12H,1,8-11H2,2-3H3,(H,19,20);3H,1H2,2H3;1-2H/b7-5+,14-6-;;. The number of rotatable bonds is 11. The molecule has 1 aromatic rings. The molecule has 0 aromatic carbocycles. The highest BCUT2D eigenvalue weighted by Crippen LogP contribution is 2.24. The molecule has 1 aromatic heterocycles. The molecule has 5 nitrogen and oxygen atoms in total. The van der Waals surface area contributed by atoms with E-state index in [0.717, 1.165) is 15.7 Å². The van der Waals surface area contributed by atoms with Crippen molar-refractivity contribution in [3.63, 3.8) is 0 Å². The number of thiazole rings is 1. The second-order valence-electron chi connectivity index (χ2n) is 4.96. The zero-order valence-electron chi connectivity index (χ0n) is 16.8. The molecule has 0 aliphatic carbocycles. The number of allylic oxidation sites excluding steroid dienone is 3. The summed E-state index contributed by atoms with van der Waals surface area (Å²) in [5.74, 6) is -0.815. The summed E-state index contributed by atoms with van der Waals surface area (Å²) >= 11 is 3.13. The number of ether oxygens (including phenoxy) is 1. The van der Waals surface area contributed by atoms with E-state index in [1.54, 1.807) is 31.0 Å². The van der Waals surface area contributed by atoms with Crippen LogP contribution in [0.4, 0.5) is 5.13 Å². The zero-order valence-corrected chi connectivity index (χ0v) is 18.5. The maximum Gasteiger partial charge on any atom is 0.305 e. The van der Waals surface area contributed by atoms with Gasteiger partial charge in [0.2, 0.25) is 0 Å². The summed E-state index contributed by atoms with van der Waals surface area (Å²) in [7, 11) is 1.64. The lowest BCUT2D eigenvalue weighted by Crippen LogP contribution is -2.27. The number of aliphatic carboxylic acids is 1. The van der Waals surface area contributed by atoms with Crippen LogP contribution in [0.5, 0.6) is 0 Å². The van der Waals surface area contributed by atoms with E-state index < -0.39 is 5.97 Å². The predicted molar refractivity (Wildman–Crippen MR) is 125 cm³/mol. The van der Waals surface area contributed by atoms with Crippen molar-refractivity contribution < 1.29 is 14.6 Å². The van der Waals surface area contributed by atoms with Gasteiger partial charge in [0, 0.05) is 23.9 Å². The second-order valence-corrected chi connectivity index (χ2v) is 6.73. The molecule has 0 radical (unpaired) electrons. The molecule has 1 rings (SSSR count). The van der Waals surface area contributed by atoms with Gasteiger partial charge in [0.15, 0.2) is 5.13 Å². The SMILES string of the molecule is C#C.C=C/C=C(/CN(CCC(=O)O)c1nc(/C=C/COC)cs1)SC.C=CC. The summed E-state index contributed by atoms with van der Waals surface area (Å²) in [5, 5.41) is 11.7. The predicted octanol–water partition coefficient (Wildman–Crippen LogP) is 4.96. The van der Waals surface area contributed by atoms with Gasteiger partial charge >= 0.3 is 5.97 Å². The van der Waals surface area contributed by atoms with Crippen LogP contribution in [0, 0.1) is 12.8 Å². The molecule has 0 saturated heterocycles. The minimum atomic E-state index is -0.815. The average Bonchev–Trinajstić information content (AvgIpc) is 3.15. The number of hydrogen-bond donors (Lipinski definition) is 1. The van der Waals surface area contributed by atoms with E-state index in [1.165, 1.54) is 11.3 Å². The third-order valence-corrected chi connectivity index (χ3v) is 4.55. The fourth-order valence-electron chi connectivity index (χ4n) is 1.74. The van der Waals surface area contributed by atoms with Crippen LogP contribution in [-0.2, 0) is 9.53 Å². The topological polar surface area (TPSA) is 62.7 Å². The molecule has 154 valence electrons. The van der Waals surface area contributed by atoms with Crippen LogP contribution < -0.4 is 4.90 Å². The highest BCUT2D eigenvalue weighted by atomic mass is 32.2. The van der Waals surface area contributed by atoms with Crippen LogP contribution >= 0.6 is 23.1 Å². The van der Waals surface area contributed by atoms with E-state index in [4.69, 9.17) is 9.84 Å². The molecule has 0 fully saturated rings. The van der Waals surface area contributed by atoms with Crippen LogP contribution in [0.1, 0.15) is 19.0 Å². The van der Waals surface area contributed by atoms with E-state index in [2.05, 4.69) is 31.0 Å². The lowest BCUT2D eigenvalue weighted by Gasteiger charge is -2.21. The molecule has 0 bridgehead atoms. The minimum absolute atomic E-state index is 0.0736. The Balaban J connectivity index is 0. The lowest BCUT2D eigenvalue weighted by molar-refractivity contribution is -0.136. The number of carboxylic acid groups (broad SMARTS) is 1. The summed E-state index contributed by atoms with van der Waals surface area (Å²) in [6, 6.07) is 0. The third kappa shape index (κ3) is 13.9. The van der Waals surface area contributed by atoms with Gasteiger partial charge in [-0.2, -0.15) is 0 Å². The molecule has 0 amide bonds. The summed E-state index contributed by atoms with van der Waals surface area (Å²) in [6.45, 7) is 10.5. The Morgan fingerprint density at radius 2 is 2.11 bits per heavy atom. The van der Waals surface area contributed by atoms with Gasteiger partial charge in [-0.25, -0.2) is 4.98 Å². The Hall–Kier alpha value is -2.27. The van der Waals surface area contributed by atoms with Gasteiger partial charge in [-0.1, -0.05) is 30.9 Å². The molecular formula is C21H30N2O3S2. The number of thioether (sulfide) groups is 1. The van der Waals surface area contributed by atoms with Crippen LogP contribution in [0.15, 0.2) is 47.7 Å². The Morgan fingerprint density at radius 1 is 1.46 bits per heavy atom. The van der Waals surface area contributed by atoms with E-state index >= 15 is 0 Å². The Morgan fingerprint density at radius 3 is 2.61 bits per heavy atom. The quantitative estimate of drug-likeness (QED) is 0.309. The van der Waals surface area contributed by atoms with Crippen molar-refractivity contribution in [1.29, 1.82) is 0 Å². The highest BCUT2D eigenvalue weighted by molar-refractivity contribution is 8.02. The van der Waals surface area contributed by atoms with Crippen LogP contribution in [-0.4, -0.2) is 49.1 Å². The third-order valence-electron chi connectivity index (χ3n) is 2.84. The molecule has 0 unspecified atom stereocenters. The summed E-state index contributed by atoms with van der Waals surface area (Å²) in [4.78, 5) is 18.5.